The first-order valence-electron chi connectivity index (χ1n) is 5.88. The summed E-state index contributed by atoms with van der Waals surface area (Å²) in [4.78, 5) is 11.8. The molecule has 4 nitrogen and oxygen atoms in total. The Morgan fingerprint density at radius 1 is 1.76 bits per heavy atom. The van der Waals surface area contributed by atoms with E-state index in [1.807, 2.05) is 18.4 Å². The summed E-state index contributed by atoms with van der Waals surface area (Å²) in [6.07, 6.45) is 0.481. The zero-order valence-electron chi connectivity index (χ0n) is 9.94. The maximum atomic E-state index is 11.8. The average molecular weight is 254 g/mol. The molecule has 2 atom stereocenters. The molecular formula is C12H18N2O2S. The van der Waals surface area contributed by atoms with E-state index in [0.717, 1.165) is 18.7 Å². The Labute approximate surface area is 105 Å². The number of hydrogen-bond donors (Lipinski definition) is 2. The van der Waals surface area contributed by atoms with Gasteiger partial charge in [-0.25, -0.2) is 0 Å². The van der Waals surface area contributed by atoms with Gasteiger partial charge in [0.25, 0.3) is 0 Å². The van der Waals surface area contributed by atoms with E-state index >= 15 is 0 Å². The molecular weight excluding hydrogens is 236 g/mol. The Morgan fingerprint density at radius 2 is 2.65 bits per heavy atom. The summed E-state index contributed by atoms with van der Waals surface area (Å²) in [5, 5.41) is 10.4. The second-order valence-electron chi connectivity index (χ2n) is 4.28. The van der Waals surface area contributed by atoms with Gasteiger partial charge in [0.05, 0.1) is 19.3 Å². The summed E-state index contributed by atoms with van der Waals surface area (Å²) in [5.41, 5.74) is 1.16. The summed E-state index contributed by atoms with van der Waals surface area (Å²) >= 11 is 1.65. The number of nitrogens with one attached hydrogen (secondary N) is 2. The van der Waals surface area contributed by atoms with Crippen molar-refractivity contribution in [3.63, 3.8) is 0 Å². The second-order valence-corrected chi connectivity index (χ2v) is 5.06. The van der Waals surface area contributed by atoms with Gasteiger partial charge >= 0.3 is 0 Å². The summed E-state index contributed by atoms with van der Waals surface area (Å²) in [5.74, 6) is 0.0756. The van der Waals surface area contributed by atoms with Crippen LogP contribution >= 0.6 is 11.3 Å². The lowest BCUT2D eigenvalue weighted by atomic mass is 10.1. The highest BCUT2D eigenvalue weighted by Gasteiger charge is 2.18. The normalized spacial score (nSPS) is 22.1. The molecule has 17 heavy (non-hydrogen) atoms. The molecule has 94 valence electrons. The van der Waals surface area contributed by atoms with Gasteiger partial charge in [-0.05, 0) is 29.3 Å². The van der Waals surface area contributed by atoms with E-state index in [2.05, 4.69) is 16.0 Å². The molecule has 0 saturated carbocycles. The van der Waals surface area contributed by atoms with Crippen molar-refractivity contribution in [2.45, 2.75) is 25.4 Å². The number of hydrogen-bond acceptors (Lipinski definition) is 4. The molecule has 1 aromatic heterocycles. The minimum atomic E-state index is 0.0756. The van der Waals surface area contributed by atoms with Crippen molar-refractivity contribution in [2.75, 3.05) is 19.8 Å². The van der Waals surface area contributed by atoms with Gasteiger partial charge < -0.3 is 15.4 Å². The molecule has 1 aromatic rings. The molecule has 1 fully saturated rings. The van der Waals surface area contributed by atoms with Crippen molar-refractivity contribution in [1.29, 1.82) is 0 Å². The van der Waals surface area contributed by atoms with Crippen molar-refractivity contribution in [3.05, 3.63) is 22.4 Å². The highest BCUT2D eigenvalue weighted by atomic mass is 32.1. The molecule has 0 radical (unpaired) electrons. The Balaban J connectivity index is 1.76. The van der Waals surface area contributed by atoms with Crippen molar-refractivity contribution >= 4 is 17.2 Å². The molecule has 1 aliphatic heterocycles. The number of ether oxygens (including phenoxy) is 1. The van der Waals surface area contributed by atoms with Crippen molar-refractivity contribution in [3.8, 4) is 0 Å². The fraction of sp³-hybridized carbons (Fsp3) is 0.583. The summed E-state index contributed by atoms with van der Waals surface area (Å²) in [6.45, 7) is 4.20. The van der Waals surface area contributed by atoms with E-state index in [1.54, 1.807) is 11.3 Å². The van der Waals surface area contributed by atoms with E-state index in [9.17, 15) is 4.79 Å². The number of carbonyl (C=O) groups excluding carboxylic acids is 1. The first-order valence-corrected chi connectivity index (χ1v) is 6.82. The van der Waals surface area contributed by atoms with E-state index in [4.69, 9.17) is 4.74 Å². The van der Waals surface area contributed by atoms with Gasteiger partial charge in [0.1, 0.15) is 0 Å². The molecule has 0 aliphatic carbocycles. The third-order valence-electron chi connectivity index (χ3n) is 2.85. The van der Waals surface area contributed by atoms with Gasteiger partial charge in [-0.2, -0.15) is 11.3 Å². The molecule has 2 rings (SSSR count). The van der Waals surface area contributed by atoms with Gasteiger partial charge in [0.2, 0.25) is 5.91 Å². The minimum Gasteiger partial charge on any atom is -0.378 e. The van der Waals surface area contributed by atoms with Crippen LogP contribution in [-0.4, -0.2) is 31.7 Å². The summed E-state index contributed by atoms with van der Waals surface area (Å²) < 4.78 is 5.32. The van der Waals surface area contributed by atoms with Crippen molar-refractivity contribution in [1.82, 2.24) is 10.6 Å². The highest BCUT2D eigenvalue weighted by molar-refractivity contribution is 7.07. The first kappa shape index (κ1) is 12.5. The zero-order chi connectivity index (χ0) is 12.1. The Bertz CT molecular complexity index is 347. The molecule has 2 heterocycles. The lowest BCUT2D eigenvalue weighted by Crippen LogP contribution is -2.44. The molecule has 1 saturated heterocycles. The molecule has 0 spiro atoms. The predicted octanol–water partition coefficient (Wildman–Crippen LogP) is 1.30. The average Bonchev–Trinajstić information content (AvgIpc) is 2.83. The molecule has 2 N–H and O–H groups in total. The number of thiophene rings is 1. The van der Waals surface area contributed by atoms with E-state index in [-0.39, 0.29) is 18.0 Å². The standard InChI is InChI=1S/C12H18N2O2S/c1-9(10-2-5-17-8-10)14-12(15)6-11-7-16-4-3-13-11/h2,5,8-9,11,13H,3-4,6-7H2,1H3,(H,14,15). The van der Waals surface area contributed by atoms with E-state index < -0.39 is 0 Å². The van der Waals surface area contributed by atoms with E-state index in [0.29, 0.717) is 13.0 Å². The molecule has 0 aromatic carbocycles. The van der Waals surface area contributed by atoms with Crippen LogP contribution in [0.2, 0.25) is 0 Å². The van der Waals surface area contributed by atoms with Crippen LogP contribution in [0.5, 0.6) is 0 Å². The van der Waals surface area contributed by atoms with Crippen LogP contribution in [0.15, 0.2) is 16.8 Å². The number of carbonyl (C=O) groups is 1. The Kier molecular flexibility index (Phi) is 4.53. The fourth-order valence-corrected chi connectivity index (χ4v) is 2.63. The van der Waals surface area contributed by atoms with Crippen LogP contribution < -0.4 is 10.6 Å². The fourth-order valence-electron chi connectivity index (χ4n) is 1.88. The maximum absolute atomic E-state index is 11.8. The van der Waals surface area contributed by atoms with Gasteiger partial charge in [-0.1, -0.05) is 0 Å². The molecule has 2 unspecified atom stereocenters. The van der Waals surface area contributed by atoms with Gasteiger partial charge in [0.15, 0.2) is 0 Å². The summed E-state index contributed by atoms with van der Waals surface area (Å²) in [7, 11) is 0. The lowest BCUT2D eigenvalue weighted by molar-refractivity contribution is -0.122. The van der Waals surface area contributed by atoms with Crippen LogP contribution in [0.3, 0.4) is 0 Å². The molecule has 1 amide bonds. The van der Waals surface area contributed by atoms with Gasteiger partial charge in [-0.3, -0.25) is 4.79 Å². The Hall–Kier alpha value is -0.910. The SMILES string of the molecule is CC(NC(=O)CC1COCCN1)c1ccsc1. The summed E-state index contributed by atoms with van der Waals surface area (Å²) in [6, 6.07) is 2.27. The quantitative estimate of drug-likeness (QED) is 0.851. The number of amides is 1. The number of morpholine rings is 1. The Morgan fingerprint density at radius 3 is 3.29 bits per heavy atom. The molecule has 1 aliphatic rings. The van der Waals surface area contributed by atoms with Crippen LogP contribution in [0.1, 0.15) is 24.9 Å². The number of rotatable bonds is 4. The zero-order valence-corrected chi connectivity index (χ0v) is 10.8. The third-order valence-corrected chi connectivity index (χ3v) is 3.55. The second kappa shape index (κ2) is 6.14. The van der Waals surface area contributed by atoms with Crippen LogP contribution in [0.4, 0.5) is 0 Å². The van der Waals surface area contributed by atoms with Crippen LogP contribution in [0.25, 0.3) is 0 Å². The van der Waals surface area contributed by atoms with Gasteiger partial charge in [-0.15, -0.1) is 0 Å². The maximum Gasteiger partial charge on any atom is 0.222 e. The van der Waals surface area contributed by atoms with Crippen LogP contribution in [0, 0.1) is 0 Å². The predicted molar refractivity (Wildman–Crippen MR) is 68.1 cm³/mol. The minimum absolute atomic E-state index is 0.0756. The van der Waals surface area contributed by atoms with Crippen molar-refractivity contribution in [2.24, 2.45) is 0 Å². The topological polar surface area (TPSA) is 50.4 Å². The van der Waals surface area contributed by atoms with Crippen LogP contribution in [-0.2, 0) is 9.53 Å². The third kappa shape index (κ3) is 3.80. The first-order chi connectivity index (χ1) is 8.25. The largest absolute Gasteiger partial charge is 0.378 e. The smallest absolute Gasteiger partial charge is 0.222 e. The highest BCUT2D eigenvalue weighted by Crippen LogP contribution is 2.15. The van der Waals surface area contributed by atoms with E-state index in [1.165, 1.54) is 0 Å². The lowest BCUT2D eigenvalue weighted by Gasteiger charge is -2.24. The van der Waals surface area contributed by atoms with Gasteiger partial charge in [0, 0.05) is 19.0 Å². The monoisotopic (exact) mass is 254 g/mol. The molecule has 5 heteroatoms. The van der Waals surface area contributed by atoms with Crippen molar-refractivity contribution < 1.29 is 9.53 Å². The molecule has 0 bridgehead atoms.